The van der Waals surface area contributed by atoms with E-state index in [-0.39, 0.29) is 43.2 Å². The molecule has 1 unspecified atom stereocenters. The Kier molecular flexibility index (Phi) is 7.46. The number of nitrogens with one attached hydrogen (secondary N) is 1. The fraction of sp³-hybridized carbons (Fsp3) is 0.290. The second-order valence-electron chi connectivity index (χ2n) is 11.4. The number of phenolic OH excluding ortho intramolecular Hbond substituents is 1. The van der Waals surface area contributed by atoms with Gasteiger partial charge < -0.3 is 35.4 Å². The van der Waals surface area contributed by atoms with Crippen molar-refractivity contribution >= 4 is 40.2 Å². The molecular weight excluding hydrogens is 594 g/mol. The number of nitrogens with two attached hydrogens (primary N) is 1. The summed E-state index contributed by atoms with van der Waals surface area (Å²) < 4.78 is 12.8. The van der Waals surface area contributed by atoms with Crippen LogP contribution in [0.25, 0.3) is 16.7 Å². The molecule has 0 bridgehead atoms. The van der Waals surface area contributed by atoms with Gasteiger partial charge in [0.05, 0.1) is 42.5 Å². The van der Waals surface area contributed by atoms with Crippen molar-refractivity contribution in [2.45, 2.75) is 24.5 Å². The highest BCUT2D eigenvalue weighted by Crippen LogP contribution is 2.30. The molecule has 2 atom stereocenters. The van der Waals surface area contributed by atoms with E-state index < -0.39 is 23.5 Å². The molecule has 236 valence electrons. The van der Waals surface area contributed by atoms with Crippen molar-refractivity contribution in [2.24, 2.45) is 0 Å². The van der Waals surface area contributed by atoms with Crippen LogP contribution in [0.1, 0.15) is 22.3 Å². The van der Waals surface area contributed by atoms with Crippen LogP contribution in [0.3, 0.4) is 0 Å². The third kappa shape index (κ3) is 5.46. The van der Waals surface area contributed by atoms with Gasteiger partial charge in [0.25, 0.3) is 11.8 Å². The summed E-state index contributed by atoms with van der Waals surface area (Å²) >= 11 is 0. The van der Waals surface area contributed by atoms with Gasteiger partial charge in [-0.15, -0.1) is 10.2 Å². The lowest BCUT2D eigenvalue weighted by molar-refractivity contribution is -0.157. The van der Waals surface area contributed by atoms with Crippen molar-refractivity contribution in [3.05, 3.63) is 78.1 Å². The van der Waals surface area contributed by atoms with E-state index in [1.165, 1.54) is 17.0 Å². The highest BCUT2D eigenvalue weighted by Gasteiger charge is 2.47. The molecule has 0 radical (unpaired) electrons. The number of aliphatic hydroxyl groups is 1. The van der Waals surface area contributed by atoms with E-state index in [0.29, 0.717) is 28.0 Å². The van der Waals surface area contributed by atoms with Gasteiger partial charge in [0.15, 0.2) is 29.1 Å². The number of hydrogen-bond acceptors (Lipinski definition) is 12. The number of aromatic hydroxyl groups is 1. The summed E-state index contributed by atoms with van der Waals surface area (Å²) in [6.45, 7) is 1.76. The zero-order valence-electron chi connectivity index (χ0n) is 24.6. The molecule has 15 nitrogen and oxygen atoms in total. The number of fused-ring (bicyclic) bond motifs is 1. The predicted molar refractivity (Wildman–Crippen MR) is 166 cm³/mol. The molecule has 15 heteroatoms. The average Bonchev–Trinajstić information content (AvgIpc) is 3.67. The van der Waals surface area contributed by atoms with Gasteiger partial charge in [0, 0.05) is 37.8 Å². The van der Waals surface area contributed by atoms with E-state index in [0.717, 1.165) is 25.3 Å². The average molecular weight is 626 g/mol. The maximum absolute atomic E-state index is 14.0. The topological polar surface area (TPSA) is 198 Å². The van der Waals surface area contributed by atoms with E-state index >= 15 is 0 Å². The quantitative estimate of drug-likeness (QED) is 0.184. The van der Waals surface area contributed by atoms with E-state index in [1.54, 1.807) is 53.5 Å². The molecule has 2 amide bonds. The number of para-hydroxylation sites is 1. The number of phenols is 1. The summed E-state index contributed by atoms with van der Waals surface area (Å²) in [5, 5.41) is 42.4. The minimum absolute atomic E-state index is 0.0225. The second-order valence-corrected chi connectivity index (χ2v) is 11.4. The third-order valence-electron chi connectivity index (χ3n) is 8.28. The van der Waals surface area contributed by atoms with Crippen LogP contribution in [-0.2, 0) is 16.0 Å². The lowest BCUT2D eigenvalue weighted by Crippen LogP contribution is -2.63. The normalized spacial score (nSPS) is 17.9. The maximum Gasteiger partial charge on any atom is 0.260 e. The Morgan fingerprint density at radius 2 is 1.96 bits per heavy atom. The largest absolute Gasteiger partial charge is 0.507 e. The number of anilines is 3. The van der Waals surface area contributed by atoms with Crippen LogP contribution in [0.2, 0.25) is 0 Å². The van der Waals surface area contributed by atoms with Crippen molar-refractivity contribution in [1.29, 1.82) is 0 Å². The first kappa shape index (κ1) is 29.2. The summed E-state index contributed by atoms with van der Waals surface area (Å²) in [5.41, 5.74) is 5.64. The molecule has 2 aliphatic rings. The van der Waals surface area contributed by atoms with Gasteiger partial charge in [-0.05, 0) is 36.2 Å². The molecule has 5 aromatic rings. The number of benzene rings is 2. The van der Waals surface area contributed by atoms with Gasteiger partial charge in [-0.25, -0.2) is 4.68 Å². The first-order chi connectivity index (χ1) is 22.3. The zero-order chi connectivity index (χ0) is 31.8. The summed E-state index contributed by atoms with van der Waals surface area (Å²) in [6, 6.07) is 14.7. The molecule has 3 aromatic heterocycles. The van der Waals surface area contributed by atoms with Crippen molar-refractivity contribution in [3.8, 4) is 11.4 Å². The van der Waals surface area contributed by atoms with Gasteiger partial charge >= 0.3 is 0 Å². The Morgan fingerprint density at radius 3 is 2.76 bits per heavy atom. The van der Waals surface area contributed by atoms with Gasteiger partial charge in [0.2, 0.25) is 0 Å². The molecule has 46 heavy (non-hydrogen) atoms. The first-order valence-electron chi connectivity index (χ1n) is 14.8. The first-order valence-corrected chi connectivity index (χ1v) is 14.8. The van der Waals surface area contributed by atoms with E-state index in [1.807, 2.05) is 6.07 Å². The lowest BCUT2D eigenvalue weighted by Gasteiger charge is -2.40. The lowest BCUT2D eigenvalue weighted by atomic mass is 9.86. The fourth-order valence-corrected chi connectivity index (χ4v) is 5.68. The van der Waals surface area contributed by atoms with Gasteiger partial charge in [0.1, 0.15) is 11.4 Å². The summed E-state index contributed by atoms with van der Waals surface area (Å²) in [5.74, 6) is -0.0329. The van der Waals surface area contributed by atoms with Crippen LogP contribution in [0.5, 0.6) is 5.75 Å². The Morgan fingerprint density at radius 1 is 1.11 bits per heavy atom. The molecule has 5 heterocycles. The number of nitrogens with zero attached hydrogens (tertiary/aromatic N) is 7. The number of morpholine rings is 1. The Labute approximate surface area is 262 Å². The number of hydrogen-bond donors (Lipinski definition) is 4. The molecule has 0 saturated carbocycles. The van der Waals surface area contributed by atoms with E-state index in [9.17, 15) is 19.8 Å². The Hall–Kier alpha value is -5.54. The summed E-state index contributed by atoms with van der Waals surface area (Å²) in [4.78, 5) is 30.7. The Bertz CT molecular complexity index is 1920. The Balaban J connectivity index is 1.16. The summed E-state index contributed by atoms with van der Waals surface area (Å²) in [6.07, 6.45) is 2.93. The van der Waals surface area contributed by atoms with Crippen LogP contribution in [-0.4, -0.2) is 91.7 Å². The number of carbonyl (C=O) groups excluding carboxylic acids is 2. The van der Waals surface area contributed by atoms with Crippen molar-refractivity contribution < 1.29 is 29.1 Å². The molecule has 2 aliphatic heterocycles. The van der Waals surface area contributed by atoms with Crippen LogP contribution >= 0.6 is 0 Å². The molecule has 0 spiro atoms. The monoisotopic (exact) mass is 625 g/mol. The molecule has 0 aliphatic carbocycles. The number of ether oxygens (including phenoxy) is 1. The predicted octanol–water partition coefficient (Wildman–Crippen LogP) is 1.44. The molecule has 2 saturated heterocycles. The van der Waals surface area contributed by atoms with Crippen molar-refractivity contribution in [2.75, 3.05) is 48.3 Å². The molecule has 2 aromatic carbocycles. The van der Waals surface area contributed by atoms with Crippen LogP contribution in [0, 0.1) is 0 Å². The maximum atomic E-state index is 14.0. The fourth-order valence-electron chi connectivity index (χ4n) is 5.68. The smallest absolute Gasteiger partial charge is 0.260 e. The number of aromatic nitrogens is 5. The van der Waals surface area contributed by atoms with Gasteiger partial charge in [-0.2, -0.15) is 5.10 Å². The van der Waals surface area contributed by atoms with Crippen molar-refractivity contribution in [1.82, 2.24) is 30.5 Å². The van der Waals surface area contributed by atoms with E-state index in [2.05, 4.69) is 30.7 Å². The minimum Gasteiger partial charge on any atom is -0.507 e. The van der Waals surface area contributed by atoms with Gasteiger partial charge in [-0.1, -0.05) is 23.4 Å². The highest BCUT2D eigenvalue weighted by molar-refractivity contribution is 5.98. The van der Waals surface area contributed by atoms with Crippen LogP contribution in [0.15, 0.2) is 71.5 Å². The third-order valence-corrected chi connectivity index (χ3v) is 8.28. The van der Waals surface area contributed by atoms with E-state index in [4.69, 9.17) is 15.0 Å². The standard InChI is InChI=1S/C31H31N9O6/c32-28-22-7-6-19(14-24(22)46-37-28)16-31(44,18-33-29(42)21-4-1-2-5-23(21)41)27-30(43)39(12-13-45-27)25-8-11-40(36-25)20-15-26(35-34-17-20)38-9-3-10-38/h1-2,4-8,11,14-15,17,27,41,44H,3,9-10,12-13,16,18H2,(H2,32,37)(H,33,42)/t27-,31?/m0/s1. The van der Waals surface area contributed by atoms with Crippen molar-refractivity contribution in [3.63, 3.8) is 0 Å². The minimum atomic E-state index is -1.93. The number of carbonyl (C=O) groups is 2. The molecule has 7 rings (SSSR count). The van der Waals surface area contributed by atoms with Gasteiger partial charge in [-0.3, -0.25) is 14.5 Å². The number of amides is 2. The van der Waals surface area contributed by atoms with Crippen LogP contribution in [0.4, 0.5) is 17.5 Å². The molecule has 2 fully saturated rings. The second kappa shape index (κ2) is 11.8. The summed E-state index contributed by atoms with van der Waals surface area (Å²) in [7, 11) is 0. The SMILES string of the molecule is Nc1noc2cc(CC(O)(CNC(=O)c3ccccc3O)[C@H]3OCCN(c4ccn(-c5cnnc(N6CCC6)c5)n4)C3=O)ccc12. The van der Waals surface area contributed by atoms with Crippen LogP contribution < -0.4 is 20.9 Å². The highest BCUT2D eigenvalue weighted by atomic mass is 16.5. The molecular formula is C31H31N9O6. The number of rotatable bonds is 9. The molecule has 5 N–H and O–H groups in total. The number of nitrogen functional groups attached to an aromatic ring is 1. The zero-order valence-corrected chi connectivity index (χ0v) is 24.6.